The van der Waals surface area contributed by atoms with Gasteiger partial charge in [0.25, 0.3) is 0 Å². The molecule has 1 unspecified atom stereocenters. The van der Waals surface area contributed by atoms with Crippen LogP contribution in [0.3, 0.4) is 0 Å². The Labute approximate surface area is 111 Å². The Bertz CT molecular complexity index is 401. The number of ether oxygens (including phenoxy) is 1. The third kappa shape index (κ3) is 2.16. The molecule has 0 radical (unpaired) electrons. The van der Waals surface area contributed by atoms with Crippen molar-refractivity contribution in [2.24, 2.45) is 0 Å². The fraction of sp³-hybridized carbons (Fsp3) is 0.571. The van der Waals surface area contributed by atoms with E-state index in [0.29, 0.717) is 11.5 Å². The molecule has 2 heterocycles. The van der Waals surface area contributed by atoms with Crippen LogP contribution < -0.4 is 0 Å². The highest BCUT2D eigenvalue weighted by Gasteiger charge is 2.39. The number of hydrogen-bond acceptors (Lipinski definition) is 2. The van der Waals surface area contributed by atoms with Gasteiger partial charge in [0.1, 0.15) is 0 Å². The monoisotopic (exact) mass is 295 g/mol. The zero-order valence-electron chi connectivity index (χ0n) is 10.2. The quantitative estimate of drug-likeness (QED) is 0.832. The van der Waals surface area contributed by atoms with Crippen molar-refractivity contribution >= 4 is 15.9 Å². The van der Waals surface area contributed by atoms with E-state index < -0.39 is 0 Å². The summed E-state index contributed by atoms with van der Waals surface area (Å²) in [6, 6.07) is 9.48. The normalized spacial score (nSPS) is 30.5. The SMILES string of the molecule is CC1(c2ccc(Br)cc2)CCN(C2COC2)C1. The number of likely N-dealkylation sites (tertiary alicyclic amines) is 1. The Hall–Kier alpha value is -0.380. The molecule has 0 amide bonds. The first kappa shape index (κ1) is 11.7. The summed E-state index contributed by atoms with van der Waals surface area (Å²) in [5, 5.41) is 0. The zero-order chi connectivity index (χ0) is 11.9. The maximum absolute atomic E-state index is 5.29. The van der Waals surface area contributed by atoms with Crippen molar-refractivity contribution in [1.82, 2.24) is 4.90 Å². The van der Waals surface area contributed by atoms with E-state index in [9.17, 15) is 0 Å². The molecule has 2 saturated heterocycles. The molecule has 2 aliphatic heterocycles. The molecular weight excluding hydrogens is 278 g/mol. The summed E-state index contributed by atoms with van der Waals surface area (Å²) in [5.41, 5.74) is 1.78. The van der Waals surface area contributed by atoms with E-state index in [1.165, 1.54) is 25.1 Å². The minimum atomic E-state index is 0.316. The molecule has 0 N–H and O–H groups in total. The van der Waals surface area contributed by atoms with E-state index in [-0.39, 0.29) is 0 Å². The van der Waals surface area contributed by atoms with Crippen LogP contribution in [0, 0.1) is 0 Å². The summed E-state index contributed by atoms with van der Waals surface area (Å²) < 4.78 is 6.45. The van der Waals surface area contributed by atoms with Gasteiger partial charge in [-0.25, -0.2) is 0 Å². The lowest BCUT2D eigenvalue weighted by molar-refractivity contribution is -0.0584. The average Bonchev–Trinajstić information content (AvgIpc) is 2.60. The molecule has 3 heteroatoms. The van der Waals surface area contributed by atoms with Gasteiger partial charge in [0.2, 0.25) is 0 Å². The minimum Gasteiger partial charge on any atom is -0.378 e. The Morgan fingerprint density at radius 3 is 2.59 bits per heavy atom. The third-order valence-corrected chi connectivity index (χ3v) is 4.71. The predicted molar refractivity (Wildman–Crippen MR) is 72.3 cm³/mol. The van der Waals surface area contributed by atoms with Crippen molar-refractivity contribution in [2.75, 3.05) is 26.3 Å². The predicted octanol–water partition coefficient (Wildman–Crippen LogP) is 2.81. The lowest BCUT2D eigenvalue weighted by Crippen LogP contribution is -2.48. The molecule has 0 aliphatic carbocycles. The van der Waals surface area contributed by atoms with Gasteiger partial charge < -0.3 is 4.74 Å². The van der Waals surface area contributed by atoms with E-state index >= 15 is 0 Å². The molecule has 3 rings (SSSR count). The average molecular weight is 296 g/mol. The second kappa shape index (κ2) is 4.38. The number of halogens is 1. The summed E-state index contributed by atoms with van der Waals surface area (Å²) in [4.78, 5) is 2.59. The van der Waals surface area contributed by atoms with Gasteiger partial charge in [0.05, 0.1) is 19.3 Å². The molecule has 92 valence electrons. The van der Waals surface area contributed by atoms with E-state index in [1.54, 1.807) is 0 Å². The third-order valence-electron chi connectivity index (χ3n) is 4.18. The van der Waals surface area contributed by atoms with Crippen LogP contribution in [0.5, 0.6) is 0 Å². The number of benzene rings is 1. The van der Waals surface area contributed by atoms with Gasteiger partial charge >= 0.3 is 0 Å². The first-order chi connectivity index (χ1) is 8.17. The molecule has 17 heavy (non-hydrogen) atoms. The molecule has 0 saturated carbocycles. The van der Waals surface area contributed by atoms with Crippen molar-refractivity contribution in [3.63, 3.8) is 0 Å². The fourth-order valence-corrected chi connectivity index (χ4v) is 3.09. The molecule has 1 aromatic carbocycles. The first-order valence-electron chi connectivity index (χ1n) is 6.25. The van der Waals surface area contributed by atoms with Crippen molar-refractivity contribution in [3.8, 4) is 0 Å². The van der Waals surface area contributed by atoms with Gasteiger partial charge in [-0.1, -0.05) is 35.0 Å². The fourth-order valence-electron chi connectivity index (χ4n) is 2.83. The van der Waals surface area contributed by atoms with Crippen LogP contribution in [-0.2, 0) is 10.2 Å². The highest BCUT2D eigenvalue weighted by atomic mass is 79.9. The van der Waals surface area contributed by atoms with E-state index in [2.05, 4.69) is 52.0 Å². The summed E-state index contributed by atoms with van der Waals surface area (Å²) in [5.74, 6) is 0. The Kier molecular flexibility index (Phi) is 3.01. The van der Waals surface area contributed by atoms with E-state index in [4.69, 9.17) is 4.74 Å². The maximum atomic E-state index is 5.29. The van der Waals surface area contributed by atoms with Gasteiger partial charge in [-0.15, -0.1) is 0 Å². The topological polar surface area (TPSA) is 12.5 Å². The second-order valence-corrected chi connectivity index (χ2v) is 6.39. The second-order valence-electron chi connectivity index (χ2n) is 5.48. The van der Waals surface area contributed by atoms with Crippen molar-refractivity contribution in [1.29, 1.82) is 0 Å². The van der Waals surface area contributed by atoms with Crippen molar-refractivity contribution in [2.45, 2.75) is 24.8 Å². The largest absolute Gasteiger partial charge is 0.378 e. The molecule has 0 bridgehead atoms. The van der Waals surface area contributed by atoms with Gasteiger partial charge in [0, 0.05) is 16.4 Å². The molecule has 2 nitrogen and oxygen atoms in total. The first-order valence-corrected chi connectivity index (χ1v) is 7.04. The minimum absolute atomic E-state index is 0.316. The summed E-state index contributed by atoms with van der Waals surface area (Å²) >= 11 is 3.50. The lowest BCUT2D eigenvalue weighted by Gasteiger charge is -2.35. The van der Waals surface area contributed by atoms with Crippen LogP contribution in [0.25, 0.3) is 0 Å². The molecule has 0 spiro atoms. The molecule has 1 atom stereocenters. The van der Waals surface area contributed by atoms with E-state index in [0.717, 1.165) is 17.7 Å². The highest BCUT2D eigenvalue weighted by molar-refractivity contribution is 9.10. The molecular formula is C14H18BrNO. The summed E-state index contributed by atoms with van der Waals surface area (Å²) in [6.07, 6.45) is 1.26. The van der Waals surface area contributed by atoms with Gasteiger partial charge in [-0.3, -0.25) is 4.90 Å². The number of nitrogens with zero attached hydrogens (tertiary/aromatic N) is 1. The zero-order valence-corrected chi connectivity index (χ0v) is 11.7. The molecule has 2 fully saturated rings. The maximum Gasteiger partial charge on any atom is 0.0645 e. The van der Waals surface area contributed by atoms with Crippen LogP contribution >= 0.6 is 15.9 Å². The van der Waals surface area contributed by atoms with Crippen molar-refractivity contribution in [3.05, 3.63) is 34.3 Å². The standard InChI is InChI=1S/C14H18BrNO/c1-14(11-2-4-12(15)5-3-11)6-7-16(10-14)13-8-17-9-13/h2-5,13H,6-10H2,1H3. The Morgan fingerprint density at radius 1 is 1.29 bits per heavy atom. The van der Waals surface area contributed by atoms with Gasteiger partial charge in [-0.2, -0.15) is 0 Å². The smallest absolute Gasteiger partial charge is 0.0645 e. The highest BCUT2D eigenvalue weighted by Crippen LogP contribution is 2.36. The number of rotatable bonds is 2. The summed E-state index contributed by atoms with van der Waals surface area (Å²) in [6.45, 7) is 6.62. The molecule has 2 aliphatic rings. The molecule has 0 aromatic heterocycles. The van der Waals surface area contributed by atoms with Crippen LogP contribution in [0.2, 0.25) is 0 Å². The van der Waals surface area contributed by atoms with Crippen LogP contribution in [0.1, 0.15) is 18.9 Å². The Balaban J connectivity index is 1.76. The van der Waals surface area contributed by atoms with Crippen LogP contribution in [-0.4, -0.2) is 37.2 Å². The van der Waals surface area contributed by atoms with E-state index in [1.807, 2.05) is 0 Å². The van der Waals surface area contributed by atoms with Gasteiger partial charge in [-0.05, 0) is 30.7 Å². The Morgan fingerprint density at radius 2 is 2.00 bits per heavy atom. The number of hydrogen-bond donors (Lipinski definition) is 0. The van der Waals surface area contributed by atoms with Crippen LogP contribution in [0.15, 0.2) is 28.7 Å². The van der Waals surface area contributed by atoms with Gasteiger partial charge in [0.15, 0.2) is 0 Å². The van der Waals surface area contributed by atoms with Crippen LogP contribution in [0.4, 0.5) is 0 Å². The van der Waals surface area contributed by atoms with Crippen molar-refractivity contribution < 1.29 is 4.74 Å². The summed E-state index contributed by atoms with van der Waals surface area (Å²) in [7, 11) is 0. The lowest BCUT2D eigenvalue weighted by atomic mass is 9.82. The molecule has 1 aromatic rings.